The third kappa shape index (κ3) is 2.82. The summed E-state index contributed by atoms with van der Waals surface area (Å²) in [5.41, 5.74) is 4.83. The van der Waals surface area contributed by atoms with Crippen molar-refractivity contribution >= 4 is 23.4 Å². The lowest BCUT2D eigenvalue weighted by molar-refractivity contribution is -0.131. The third-order valence-corrected chi connectivity index (χ3v) is 2.71. The van der Waals surface area contributed by atoms with Crippen molar-refractivity contribution in [3.8, 4) is 5.75 Å². The maximum Gasteiger partial charge on any atom is 0.251 e. The summed E-state index contributed by atoms with van der Waals surface area (Å²) in [6.45, 7) is 0. The van der Waals surface area contributed by atoms with Gasteiger partial charge in [-0.3, -0.25) is 25.2 Å². The Labute approximate surface area is 109 Å². The highest BCUT2D eigenvalue weighted by Crippen LogP contribution is 2.23. The largest absolute Gasteiger partial charge is 0.495 e. The van der Waals surface area contributed by atoms with Crippen LogP contribution >= 0.6 is 0 Å². The van der Waals surface area contributed by atoms with E-state index in [4.69, 9.17) is 4.74 Å². The van der Waals surface area contributed by atoms with Gasteiger partial charge in [0.2, 0.25) is 5.91 Å². The van der Waals surface area contributed by atoms with Gasteiger partial charge in [-0.05, 0) is 12.1 Å². The van der Waals surface area contributed by atoms with Gasteiger partial charge in [0.1, 0.15) is 11.7 Å². The van der Waals surface area contributed by atoms with Crippen LogP contribution < -0.4 is 20.9 Å². The molecular formula is C12H13N3O4. The molecule has 0 radical (unpaired) electrons. The summed E-state index contributed by atoms with van der Waals surface area (Å²) in [6, 6.07) is 6.88. The van der Waals surface area contributed by atoms with Crippen molar-refractivity contribution in [2.45, 2.75) is 6.42 Å². The zero-order chi connectivity index (χ0) is 13.8. The van der Waals surface area contributed by atoms with Gasteiger partial charge in [0.15, 0.2) is 0 Å². The molecule has 0 aromatic heterocycles. The minimum atomic E-state index is -0.991. The van der Waals surface area contributed by atoms with E-state index in [1.807, 2.05) is 0 Å². The molecule has 3 amide bonds. The van der Waals surface area contributed by atoms with Crippen LogP contribution in [0.1, 0.15) is 6.42 Å². The molecule has 0 spiro atoms. The average Bonchev–Trinajstić information content (AvgIpc) is 2.71. The molecule has 0 unspecified atom stereocenters. The number of amides is 3. The number of methoxy groups -OCH3 is 1. The van der Waals surface area contributed by atoms with E-state index in [1.54, 1.807) is 24.3 Å². The minimum absolute atomic E-state index is 0.213. The first-order valence-electron chi connectivity index (χ1n) is 5.64. The molecule has 7 nitrogen and oxygen atoms in total. The molecule has 100 valence electrons. The second kappa shape index (κ2) is 5.38. The average molecular weight is 263 g/mol. The molecular weight excluding hydrogens is 250 g/mol. The number of ether oxygens (including phenoxy) is 1. The molecule has 0 saturated carbocycles. The van der Waals surface area contributed by atoms with E-state index in [0.29, 0.717) is 11.4 Å². The van der Waals surface area contributed by atoms with Gasteiger partial charge in [0.25, 0.3) is 11.8 Å². The summed E-state index contributed by atoms with van der Waals surface area (Å²) < 4.78 is 5.09. The van der Waals surface area contributed by atoms with Gasteiger partial charge in [-0.25, -0.2) is 0 Å². The number of anilines is 1. The minimum Gasteiger partial charge on any atom is -0.495 e. The highest BCUT2D eigenvalue weighted by atomic mass is 16.5. The first kappa shape index (κ1) is 12.9. The van der Waals surface area contributed by atoms with Crippen molar-refractivity contribution in [2.24, 2.45) is 5.92 Å². The Morgan fingerprint density at radius 1 is 1.26 bits per heavy atom. The van der Waals surface area contributed by atoms with Crippen molar-refractivity contribution in [3.05, 3.63) is 24.3 Å². The Bertz CT molecular complexity index is 513. The molecule has 0 aliphatic carbocycles. The van der Waals surface area contributed by atoms with E-state index >= 15 is 0 Å². The van der Waals surface area contributed by atoms with E-state index in [-0.39, 0.29) is 6.42 Å². The van der Waals surface area contributed by atoms with Crippen molar-refractivity contribution < 1.29 is 19.1 Å². The topological polar surface area (TPSA) is 96.5 Å². The van der Waals surface area contributed by atoms with Crippen LogP contribution in [-0.2, 0) is 14.4 Å². The van der Waals surface area contributed by atoms with Crippen LogP contribution in [0.4, 0.5) is 5.69 Å². The molecule has 1 aliphatic heterocycles. The first-order chi connectivity index (χ1) is 9.11. The van der Waals surface area contributed by atoms with E-state index in [9.17, 15) is 14.4 Å². The number of carbonyl (C=O) groups excluding carboxylic acids is 3. The molecule has 7 heteroatoms. The Balaban J connectivity index is 2.01. The number of nitrogens with one attached hydrogen (secondary N) is 3. The summed E-state index contributed by atoms with van der Waals surface area (Å²) in [4.78, 5) is 34.4. The Morgan fingerprint density at radius 2 is 1.89 bits per heavy atom. The van der Waals surface area contributed by atoms with Crippen LogP contribution in [0.3, 0.4) is 0 Å². The molecule has 1 saturated heterocycles. The summed E-state index contributed by atoms with van der Waals surface area (Å²) >= 11 is 0. The van der Waals surface area contributed by atoms with Gasteiger partial charge in [-0.1, -0.05) is 12.1 Å². The lowest BCUT2D eigenvalue weighted by Crippen LogP contribution is -2.28. The zero-order valence-electron chi connectivity index (χ0n) is 10.2. The SMILES string of the molecule is COc1ccccc1NC(=O)CC1C(=O)NNC1=O. The van der Waals surface area contributed by atoms with Crippen LogP contribution in [0.2, 0.25) is 0 Å². The highest BCUT2D eigenvalue weighted by Gasteiger charge is 2.34. The smallest absolute Gasteiger partial charge is 0.251 e. The monoisotopic (exact) mass is 263 g/mol. The van der Waals surface area contributed by atoms with Crippen LogP contribution in [-0.4, -0.2) is 24.8 Å². The van der Waals surface area contributed by atoms with Crippen molar-refractivity contribution in [1.82, 2.24) is 10.9 Å². The van der Waals surface area contributed by atoms with Crippen LogP contribution in [0, 0.1) is 5.92 Å². The predicted octanol–water partition coefficient (Wildman–Crippen LogP) is -0.199. The number of hydrogen-bond acceptors (Lipinski definition) is 4. The number of rotatable bonds is 4. The van der Waals surface area contributed by atoms with E-state index in [1.165, 1.54) is 7.11 Å². The second-order valence-corrected chi connectivity index (χ2v) is 3.98. The molecule has 1 heterocycles. The molecule has 1 aromatic carbocycles. The lowest BCUT2D eigenvalue weighted by atomic mass is 10.1. The first-order valence-corrected chi connectivity index (χ1v) is 5.64. The fraction of sp³-hybridized carbons (Fsp3) is 0.250. The van der Waals surface area contributed by atoms with Gasteiger partial charge in [-0.2, -0.15) is 0 Å². The fourth-order valence-corrected chi connectivity index (χ4v) is 1.74. The molecule has 0 atom stereocenters. The summed E-state index contributed by atoms with van der Waals surface area (Å²) in [7, 11) is 1.49. The maximum atomic E-state index is 11.8. The molecule has 0 bridgehead atoms. The van der Waals surface area contributed by atoms with E-state index in [2.05, 4.69) is 16.2 Å². The van der Waals surface area contributed by atoms with Gasteiger partial charge in [-0.15, -0.1) is 0 Å². The highest BCUT2D eigenvalue weighted by molar-refractivity contribution is 6.09. The summed E-state index contributed by atoms with van der Waals surface area (Å²) in [5, 5.41) is 2.61. The predicted molar refractivity (Wildman–Crippen MR) is 66.0 cm³/mol. The van der Waals surface area contributed by atoms with Crippen molar-refractivity contribution in [2.75, 3.05) is 12.4 Å². The number of hydrogen-bond donors (Lipinski definition) is 3. The number of hydrazine groups is 1. The van der Waals surface area contributed by atoms with Gasteiger partial charge in [0, 0.05) is 6.42 Å². The lowest BCUT2D eigenvalue weighted by Gasteiger charge is -2.10. The van der Waals surface area contributed by atoms with Gasteiger partial charge < -0.3 is 10.1 Å². The molecule has 3 N–H and O–H groups in total. The Kier molecular flexibility index (Phi) is 3.65. The second-order valence-electron chi connectivity index (χ2n) is 3.98. The number of benzene rings is 1. The zero-order valence-corrected chi connectivity index (χ0v) is 10.2. The molecule has 2 rings (SSSR count). The van der Waals surface area contributed by atoms with E-state index < -0.39 is 23.6 Å². The van der Waals surface area contributed by atoms with Crippen molar-refractivity contribution in [1.29, 1.82) is 0 Å². The fourth-order valence-electron chi connectivity index (χ4n) is 1.74. The number of carbonyl (C=O) groups is 3. The van der Waals surface area contributed by atoms with Crippen LogP contribution in [0.15, 0.2) is 24.3 Å². The Morgan fingerprint density at radius 3 is 2.53 bits per heavy atom. The summed E-state index contributed by atoms with van der Waals surface area (Å²) in [5.74, 6) is -1.91. The standard InChI is InChI=1S/C12H13N3O4/c1-19-9-5-3-2-4-8(9)13-10(16)6-7-11(17)14-15-12(7)18/h2-5,7H,6H2,1H3,(H,13,16)(H,14,17)(H,15,18). The molecule has 19 heavy (non-hydrogen) atoms. The number of para-hydroxylation sites is 2. The third-order valence-electron chi connectivity index (χ3n) is 2.71. The van der Waals surface area contributed by atoms with Crippen molar-refractivity contribution in [3.63, 3.8) is 0 Å². The molecule has 1 aromatic rings. The Hall–Kier alpha value is -2.57. The van der Waals surface area contributed by atoms with Gasteiger partial charge >= 0.3 is 0 Å². The van der Waals surface area contributed by atoms with Gasteiger partial charge in [0.05, 0.1) is 12.8 Å². The summed E-state index contributed by atoms with van der Waals surface area (Å²) in [6.07, 6.45) is -0.213. The molecule has 1 fully saturated rings. The molecule has 1 aliphatic rings. The van der Waals surface area contributed by atoms with Crippen LogP contribution in [0.25, 0.3) is 0 Å². The maximum absolute atomic E-state index is 11.8. The quantitative estimate of drug-likeness (QED) is 0.655. The van der Waals surface area contributed by atoms with E-state index in [0.717, 1.165) is 0 Å². The normalized spacial score (nSPS) is 14.8. The van der Waals surface area contributed by atoms with Crippen LogP contribution in [0.5, 0.6) is 5.75 Å².